The number of nitrogens with two attached hydrogens (primary N) is 1. The van der Waals surface area contributed by atoms with Gasteiger partial charge in [0.05, 0.1) is 11.3 Å². The number of amidine groups is 1. The zero-order valence-corrected chi connectivity index (χ0v) is 9.54. The van der Waals surface area contributed by atoms with Crippen LogP contribution in [0.15, 0.2) is 30.0 Å². The molecule has 1 heterocycles. The Hall–Kier alpha value is -1.85. The molecule has 0 bridgehead atoms. The first-order valence-corrected chi connectivity index (χ1v) is 5.44. The van der Waals surface area contributed by atoms with Crippen molar-refractivity contribution in [2.75, 3.05) is 0 Å². The second-order valence-corrected chi connectivity index (χ2v) is 4.18. The number of aromatic nitrogens is 1. The van der Waals surface area contributed by atoms with Crippen LogP contribution in [0.3, 0.4) is 0 Å². The molecule has 3 nitrogen and oxygen atoms in total. The van der Waals surface area contributed by atoms with Gasteiger partial charge >= 0.3 is 6.18 Å². The zero-order chi connectivity index (χ0) is 13.3. The predicted octanol–water partition coefficient (Wildman–Crippen LogP) is 2.84. The van der Waals surface area contributed by atoms with Gasteiger partial charge in [0.1, 0.15) is 5.84 Å². The van der Waals surface area contributed by atoms with E-state index in [0.29, 0.717) is 5.84 Å². The summed E-state index contributed by atoms with van der Waals surface area (Å²) in [5, 5.41) is 0. The van der Waals surface area contributed by atoms with Crippen LogP contribution in [0.1, 0.15) is 24.0 Å². The summed E-state index contributed by atoms with van der Waals surface area (Å²) in [6.45, 7) is 3.54. The molecular weight excluding hydrogens is 243 g/mol. The molecule has 96 valence electrons. The van der Waals surface area contributed by atoms with Crippen LogP contribution in [-0.4, -0.2) is 10.8 Å². The van der Waals surface area contributed by atoms with Crippen LogP contribution in [0.2, 0.25) is 0 Å². The minimum absolute atomic E-state index is 0.000162. The predicted molar refractivity (Wildman–Crippen MR) is 62.6 cm³/mol. The Morgan fingerprint density at radius 2 is 2.11 bits per heavy atom. The molecule has 2 N–H and O–H groups in total. The third-order valence-electron chi connectivity index (χ3n) is 2.70. The topological polar surface area (TPSA) is 51.3 Å². The summed E-state index contributed by atoms with van der Waals surface area (Å²) < 4.78 is 38.3. The van der Waals surface area contributed by atoms with E-state index < -0.39 is 11.7 Å². The number of aliphatic imine (C=N–C) groups is 1. The molecule has 0 saturated heterocycles. The lowest BCUT2D eigenvalue weighted by Crippen LogP contribution is -2.14. The Morgan fingerprint density at radius 3 is 2.67 bits per heavy atom. The third-order valence-corrected chi connectivity index (χ3v) is 2.70. The molecule has 18 heavy (non-hydrogen) atoms. The van der Waals surface area contributed by atoms with Crippen LogP contribution < -0.4 is 5.73 Å². The summed E-state index contributed by atoms with van der Waals surface area (Å²) in [6, 6.07) is 0.906. The SMILES string of the molecule is C=C(/N=C(/N)C1CC1)c1cnccc1C(F)(F)F. The van der Waals surface area contributed by atoms with Crippen molar-refractivity contribution in [3.05, 3.63) is 36.2 Å². The summed E-state index contributed by atoms with van der Waals surface area (Å²) in [5.74, 6) is 0.532. The number of halogens is 3. The molecule has 1 fully saturated rings. The molecular formula is C12H12F3N3. The van der Waals surface area contributed by atoms with E-state index in [-0.39, 0.29) is 17.2 Å². The number of alkyl halides is 3. The lowest BCUT2D eigenvalue weighted by molar-refractivity contribution is -0.137. The van der Waals surface area contributed by atoms with Crippen molar-refractivity contribution in [3.63, 3.8) is 0 Å². The second kappa shape index (κ2) is 4.44. The quantitative estimate of drug-likeness (QED) is 0.667. The van der Waals surface area contributed by atoms with Gasteiger partial charge in [-0.05, 0) is 18.9 Å². The van der Waals surface area contributed by atoms with Crippen molar-refractivity contribution in [2.24, 2.45) is 16.6 Å². The summed E-state index contributed by atoms with van der Waals surface area (Å²) >= 11 is 0. The van der Waals surface area contributed by atoms with E-state index in [1.54, 1.807) is 0 Å². The largest absolute Gasteiger partial charge is 0.417 e. The van der Waals surface area contributed by atoms with E-state index in [1.807, 2.05) is 0 Å². The van der Waals surface area contributed by atoms with E-state index >= 15 is 0 Å². The molecule has 0 atom stereocenters. The summed E-state index contributed by atoms with van der Waals surface area (Å²) in [7, 11) is 0. The molecule has 1 aromatic rings. The molecule has 1 aliphatic carbocycles. The van der Waals surface area contributed by atoms with Crippen LogP contribution in [-0.2, 0) is 6.18 Å². The first-order chi connectivity index (χ1) is 8.39. The van der Waals surface area contributed by atoms with Crippen molar-refractivity contribution in [1.29, 1.82) is 0 Å². The van der Waals surface area contributed by atoms with Crippen LogP contribution >= 0.6 is 0 Å². The molecule has 0 aromatic carbocycles. The third kappa shape index (κ3) is 2.69. The van der Waals surface area contributed by atoms with Crippen LogP contribution in [0.4, 0.5) is 13.2 Å². The lowest BCUT2D eigenvalue weighted by atomic mass is 10.1. The van der Waals surface area contributed by atoms with Gasteiger partial charge in [-0.1, -0.05) is 6.58 Å². The van der Waals surface area contributed by atoms with E-state index in [9.17, 15) is 13.2 Å². The van der Waals surface area contributed by atoms with Gasteiger partial charge in [0.25, 0.3) is 0 Å². The van der Waals surface area contributed by atoms with Crippen LogP contribution in [0.25, 0.3) is 5.70 Å². The molecule has 0 spiro atoms. The fourth-order valence-corrected chi connectivity index (χ4v) is 1.56. The Labute approximate surface area is 102 Å². The monoisotopic (exact) mass is 255 g/mol. The number of hydrogen-bond donors (Lipinski definition) is 1. The van der Waals surface area contributed by atoms with Gasteiger partial charge in [-0.3, -0.25) is 4.98 Å². The van der Waals surface area contributed by atoms with Gasteiger partial charge in [-0.25, -0.2) is 4.99 Å². The Bertz CT molecular complexity index is 502. The van der Waals surface area contributed by atoms with Gasteiger partial charge in [0, 0.05) is 23.9 Å². The fourth-order valence-electron chi connectivity index (χ4n) is 1.56. The summed E-state index contributed by atoms with van der Waals surface area (Å²) in [5.41, 5.74) is 4.74. The zero-order valence-electron chi connectivity index (χ0n) is 9.54. The van der Waals surface area contributed by atoms with E-state index in [2.05, 4.69) is 16.6 Å². The van der Waals surface area contributed by atoms with Crippen molar-refractivity contribution >= 4 is 11.5 Å². The average molecular weight is 255 g/mol. The Balaban J connectivity index is 2.33. The summed E-state index contributed by atoms with van der Waals surface area (Å²) in [4.78, 5) is 7.62. The highest BCUT2D eigenvalue weighted by Gasteiger charge is 2.34. The maximum Gasteiger partial charge on any atom is 0.417 e. The molecule has 0 aliphatic heterocycles. The summed E-state index contributed by atoms with van der Waals surface area (Å²) in [6.07, 6.45) is -0.392. The second-order valence-electron chi connectivity index (χ2n) is 4.18. The van der Waals surface area contributed by atoms with Gasteiger partial charge in [0.15, 0.2) is 0 Å². The van der Waals surface area contributed by atoms with Crippen molar-refractivity contribution in [2.45, 2.75) is 19.0 Å². The first-order valence-electron chi connectivity index (χ1n) is 5.44. The molecule has 2 rings (SSSR count). The van der Waals surface area contributed by atoms with E-state index in [0.717, 1.165) is 31.3 Å². The van der Waals surface area contributed by atoms with Gasteiger partial charge in [-0.2, -0.15) is 13.2 Å². The van der Waals surface area contributed by atoms with Gasteiger partial charge < -0.3 is 5.73 Å². The number of hydrogen-bond acceptors (Lipinski definition) is 2. The van der Waals surface area contributed by atoms with Crippen LogP contribution in [0, 0.1) is 5.92 Å². The molecule has 6 heteroatoms. The molecule has 1 saturated carbocycles. The standard InChI is InChI=1S/C12H12F3N3/c1-7(18-11(16)8-2-3-8)9-6-17-5-4-10(9)12(13,14)15/h4-6,8H,1-3H2,(H2,16,18). The molecule has 1 aromatic heterocycles. The molecule has 0 unspecified atom stereocenters. The van der Waals surface area contributed by atoms with E-state index in [4.69, 9.17) is 5.73 Å². The normalized spacial score (nSPS) is 16.7. The number of pyridine rings is 1. The lowest BCUT2D eigenvalue weighted by Gasteiger charge is -2.12. The highest BCUT2D eigenvalue weighted by atomic mass is 19.4. The number of nitrogens with zero attached hydrogens (tertiary/aromatic N) is 2. The number of rotatable bonds is 3. The highest BCUT2D eigenvalue weighted by molar-refractivity contribution is 5.90. The van der Waals surface area contributed by atoms with E-state index in [1.165, 1.54) is 0 Å². The van der Waals surface area contributed by atoms with Crippen molar-refractivity contribution in [1.82, 2.24) is 4.98 Å². The smallest absolute Gasteiger partial charge is 0.387 e. The first kappa shape index (κ1) is 12.6. The maximum absolute atomic E-state index is 12.8. The molecule has 1 aliphatic rings. The molecule has 0 radical (unpaired) electrons. The van der Waals surface area contributed by atoms with Crippen LogP contribution in [0.5, 0.6) is 0 Å². The van der Waals surface area contributed by atoms with Gasteiger partial charge in [0.2, 0.25) is 0 Å². The highest BCUT2D eigenvalue weighted by Crippen LogP contribution is 2.35. The average Bonchev–Trinajstić information content (AvgIpc) is 3.11. The maximum atomic E-state index is 12.8. The van der Waals surface area contributed by atoms with Crippen molar-refractivity contribution in [3.8, 4) is 0 Å². The minimum atomic E-state index is -4.45. The Morgan fingerprint density at radius 1 is 1.44 bits per heavy atom. The van der Waals surface area contributed by atoms with Gasteiger partial charge in [-0.15, -0.1) is 0 Å². The van der Waals surface area contributed by atoms with Crippen molar-refractivity contribution < 1.29 is 13.2 Å². The molecule has 0 amide bonds. The fraction of sp³-hybridized carbons (Fsp3) is 0.333. The minimum Gasteiger partial charge on any atom is -0.387 e. The Kier molecular flexibility index (Phi) is 3.11.